The minimum Gasteiger partial charge on any atom is -0.339 e. The Hall–Kier alpha value is -0.570. The van der Waals surface area contributed by atoms with E-state index < -0.39 is 0 Å². The normalized spacial score (nSPS) is 27.8. The second kappa shape index (κ2) is 4.60. The van der Waals surface area contributed by atoms with E-state index in [1.165, 1.54) is 19.3 Å². The van der Waals surface area contributed by atoms with Gasteiger partial charge in [-0.25, -0.2) is 0 Å². The lowest BCUT2D eigenvalue weighted by molar-refractivity contribution is -0.145. The summed E-state index contributed by atoms with van der Waals surface area (Å²) in [6.07, 6.45) is 5.90. The molecule has 1 N–H and O–H groups in total. The first-order valence-electron chi connectivity index (χ1n) is 6.97. The van der Waals surface area contributed by atoms with Crippen molar-refractivity contribution in [2.75, 3.05) is 19.6 Å². The number of amides is 1. The predicted molar refractivity (Wildman–Crippen MR) is 69.9 cm³/mol. The van der Waals surface area contributed by atoms with Crippen molar-refractivity contribution in [3.05, 3.63) is 0 Å². The molecule has 0 atom stereocenters. The Balaban J connectivity index is 2.03. The molecular formula is C14H26N2O. The molecule has 3 nitrogen and oxygen atoms in total. The van der Waals surface area contributed by atoms with Crippen LogP contribution in [0, 0.1) is 5.41 Å². The highest BCUT2D eigenvalue weighted by Crippen LogP contribution is 2.37. The Bertz CT molecular complexity index is 293. The van der Waals surface area contributed by atoms with Crippen molar-refractivity contribution < 1.29 is 4.79 Å². The lowest BCUT2D eigenvalue weighted by Crippen LogP contribution is -2.60. The van der Waals surface area contributed by atoms with Gasteiger partial charge in [0.25, 0.3) is 0 Å². The van der Waals surface area contributed by atoms with Crippen molar-refractivity contribution in [1.29, 1.82) is 0 Å². The third kappa shape index (κ3) is 2.82. The second-order valence-corrected chi connectivity index (χ2v) is 6.66. The Morgan fingerprint density at radius 3 is 2.35 bits per heavy atom. The van der Waals surface area contributed by atoms with E-state index in [2.05, 4.69) is 31.0 Å². The molecule has 0 aromatic heterocycles. The summed E-state index contributed by atoms with van der Waals surface area (Å²) < 4.78 is 0. The molecule has 0 spiro atoms. The van der Waals surface area contributed by atoms with E-state index in [4.69, 9.17) is 0 Å². The first-order valence-corrected chi connectivity index (χ1v) is 6.97. The maximum absolute atomic E-state index is 12.7. The smallest absolute Gasteiger partial charge is 0.228 e. The fourth-order valence-electron chi connectivity index (χ4n) is 3.24. The van der Waals surface area contributed by atoms with Crippen LogP contribution in [0.1, 0.15) is 52.9 Å². The van der Waals surface area contributed by atoms with Crippen LogP contribution in [0.25, 0.3) is 0 Å². The van der Waals surface area contributed by atoms with Crippen LogP contribution in [0.5, 0.6) is 0 Å². The van der Waals surface area contributed by atoms with Gasteiger partial charge in [-0.15, -0.1) is 0 Å². The molecule has 1 amide bonds. The third-order valence-corrected chi connectivity index (χ3v) is 4.33. The summed E-state index contributed by atoms with van der Waals surface area (Å²) in [6, 6.07) is 0. The van der Waals surface area contributed by atoms with E-state index in [0.717, 1.165) is 32.5 Å². The average Bonchev–Trinajstić information content (AvgIpc) is 2.27. The highest BCUT2D eigenvalue weighted by Gasteiger charge is 2.40. The number of hydrogen-bond donors (Lipinski definition) is 1. The van der Waals surface area contributed by atoms with Crippen molar-refractivity contribution in [3.63, 3.8) is 0 Å². The first-order chi connectivity index (χ1) is 7.93. The molecule has 17 heavy (non-hydrogen) atoms. The third-order valence-electron chi connectivity index (χ3n) is 4.33. The molecule has 1 saturated heterocycles. The summed E-state index contributed by atoms with van der Waals surface area (Å²) in [5.41, 5.74) is -0.00932. The molecule has 1 aliphatic heterocycles. The number of nitrogens with zero attached hydrogens (tertiary/aromatic N) is 1. The zero-order valence-corrected chi connectivity index (χ0v) is 11.5. The zero-order valence-electron chi connectivity index (χ0n) is 11.5. The van der Waals surface area contributed by atoms with Crippen molar-refractivity contribution in [1.82, 2.24) is 10.2 Å². The SMILES string of the molecule is CC1(C)CN(C(=O)C2(C)CCCCC2)CCN1. The summed E-state index contributed by atoms with van der Waals surface area (Å²) in [5.74, 6) is 0.395. The lowest BCUT2D eigenvalue weighted by atomic mass is 9.74. The largest absolute Gasteiger partial charge is 0.339 e. The molecule has 0 bridgehead atoms. The molecule has 2 fully saturated rings. The maximum atomic E-state index is 12.7. The fraction of sp³-hybridized carbons (Fsp3) is 0.929. The number of piperazine rings is 1. The molecule has 0 unspecified atom stereocenters. The monoisotopic (exact) mass is 238 g/mol. The van der Waals surface area contributed by atoms with Gasteiger partial charge in [-0.3, -0.25) is 4.79 Å². The van der Waals surface area contributed by atoms with Gasteiger partial charge in [0, 0.05) is 30.6 Å². The molecule has 0 radical (unpaired) electrons. The van der Waals surface area contributed by atoms with Crippen LogP contribution >= 0.6 is 0 Å². The van der Waals surface area contributed by atoms with Gasteiger partial charge in [-0.1, -0.05) is 26.2 Å². The minimum atomic E-state index is -0.0777. The van der Waals surface area contributed by atoms with Crippen LogP contribution in [-0.4, -0.2) is 36.0 Å². The van der Waals surface area contributed by atoms with Crippen LogP contribution in [-0.2, 0) is 4.79 Å². The van der Waals surface area contributed by atoms with Crippen LogP contribution in [0.2, 0.25) is 0 Å². The lowest BCUT2D eigenvalue weighted by Gasteiger charge is -2.44. The molecular weight excluding hydrogens is 212 g/mol. The average molecular weight is 238 g/mol. The van der Waals surface area contributed by atoms with Gasteiger partial charge in [-0.2, -0.15) is 0 Å². The number of hydrogen-bond acceptors (Lipinski definition) is 2. The molecule has 2 rings (SSSR count). The molecule has 1 saturated carbocycles. The topological polar surface area (TPSA) is 32.3 Å². The van der Waals surface area contributed by atoms with E-state index in [9.17, 15) is 4.79 Å². The van der Waals surface area contributed by atoms with E-state index in [1.807, 2.05) is 0 Å². The van der Waals surface area contributed by atoms with E-state index in [-0.39, 0.29) is 11.0 Å². The molecule has 98 valence electrons. The molecule has 3 heteroatoms. The van der Waals surface area contributed by atoms with Crippen molar-refractivity contribution >= 4 is 5.91 Å². The van der Waals surface area contributed by atoms with Crippen molar-refractivity contribution in [2.24, 2.45) is 5.41 Å². The standard InChI is InChI=1S/C14H26N2O/c1-13(2)11-16(10-9-15-13)12(17)14(3)7-5-4-6-8-14/h15H,4-11H2,1-3H3. The molecule has 1 aliphatic carbocycles. The zero-order chi connectivity index (χ0) is 12.5. The summed E-state index contributed by atoms with van der Waals surface area (Å²) in [6.45, 7) is 9.17. The van der Waals surface area contributed by atoms with Crippen LogP contribution < -0.4 is 5.32 Å². The van der Waals surface area contributed by atoms with E-state index in [0.29, 0.717) is 5.91 Å². The predicted octanol–water partition coefficient (Wildman–Crippen LogP) is 2.17. The summed E-state index contributed by atoms with van der Waals surface area (Å²) in [4.78, 5) is 14.7. The Morgan fingerprint density at radius 2 is 1.76 bits per heavy atom. The Labute approximate surface area is 105 Å². The van der Waals surface area contributed by atoms with Gasteiger partial charge in [0.1, 0.15) is 0 Å². The number of carbonyl (C=O) groups excluding carboxylic acids is 1. The van der Waals surface area contributed by atoms with Gasteiger partial charge in [0.05, 0.1) is 0 Å². The first kappa shape index (κ1) is 12.9. The number of rotatable bonds is 1. The van der Waals surface area contributed by atoms with Gasteiger partial charge >= 0.3 is 0 Å². The van der Waals surface area contributed by atoms with Crippen LogP contribution in [0.4, 0.5) is 0 Å². The van der Waals surface area contributed by atoms with Crippen molar-refractivity contribution in [3.8, 4) is 0 Å². The van der Waals surface area contributed by atoms with E-state index >= 15 is 0 Å². The van der Waals surface area contributed by atoms with Crippen LogP contribution in [0.3, 0.4) is 0 Å². The summed E-state index contributed by atoms with van der Waals surface area (Å²) in [7, 11) is 0. The van der Waals surface area contributed by atoms with Gasteiger partial charge in [-0.05, 0) is 26.7 Å². The molecule has 0 aromatic rings. The number of carbonyl (C=O) groups is 1. The van der Waals surface area contributed by atoms with Crippen LogP contribution in [0.15, 0.2) is 0 Å². The second-order valence-electron chi connectivity index (χ2n) is 6.66. The van der Waals surface area contributed by atoms with Gasteiger partial charge < -0.3 is 10.2 Å². The minimum absolute atomic E-state index is 0.0684. The number of nitrogens with one attached hydrogen (secondary N) is 1. The highest BCUT2D eigenvalue weighted by molar-refractivity contribution is 5.82. The fourth-order valence-corrected chi connectivity index (χ4v) is 3.24. The van der Waals surface area contributed by atoms with E-state index in [1.54, 1.807) is 0 Å². The van der Waals surface area contributed by atoms with Gasteiger partial charge in [0.2, 0.25) is 5.91 Å². The molecule has 1 heterocycles. The quantitative estimate of drug-likeness (QED) is 0.759. The Morgan fingerprint density at radius 1 is 1.12 bits per heavy atom. The highest BCUT2D eigenvalue weighted by atomic mass is 16.2. The van der Waals surface area contributed by atoms with Gasteiger partial charge in [0.15, 0.2) is 0 Å². The molecule has 0 aromatic carbocycles. The Kier molecular flexibility index (Phi) is 3.48. The molecule has 2 aliphatic rings. The summed E-state index contributed by atoms with van der Waals surface area (Å²) >= 11 is 0. The summed E-state index contributed by atoms with van der Waals surface area (Å²) in [5, 5.41) is 3.46. The van der Waals surface area contributed by atoms with Crippen molar-refractivity contribution in [2.45, 2.75) is 58.4 Å². The maximum Gasteiger partial charge on any atom is 0.228 e.